The second kappa shape index (κ2) is 6.88. The van der Waals surface area contributed by atoms with Crippen molar-refractivity contribution in [2.75, 3.05) is 6.54 Å². The summed E-state index contributed by atoms with van der Waals surface area (Å²) in [7, 11) is 1.86. The van der Waals surface area contributed by atoms with Crippen LogP contribution >= 0.6 is 11.6 Å². The Bertz CT molecular complexity index is 817. The van der Waals surface area contributed by atoms with E-state index in [4.69, 9.17) is 11.6 Å². The van der Waals surface area contributed by atoms with Crippen LogP contribution in [0.1, 0.15) is 23.7 Å². The molecule has 0 N–H and O–H groups in total. The van der Waals surface area contributed by atoms with Gasteiger partial charge in [0.05, 0.1) is 6.20 Å². The standard InChI is InChI=1S/C18H21ClN4O2/c1-12-15(8-20-21(12)3)10-23-13(2)18(25)22(11-17(23)24)9-14-6-4-5-7-16(14)19/h4-8,13H,9-11H2,1-3H3/t13-/m0/s1. The van der Waals surface area contributed by atoms with Crippen LogP contribution in [0.15, 0.2) is 30.5 Å². The van der Waals surface area contributed by atoms with Crippen molar-refractivity contribution < 1.29 is 9.59 Å². The lowest BCUT2D eigenvalue weighted by Gasteiger charge is -2.38. The molecule has 3 rings (SSSR count). The minimum Gasteiger partial charge on any atom is -0.327 e. The first-order chi connectivity index (χ1) is 11.9. The number of amides is 2. The van der Waals surface area contributed by atoms with E-state index in [-0.39, 0.29) is 18.4 Å². The Hall–Kier alpha value is -2.34. The third kappa shape index (κ3) is 3.39. The molecule has 1 aromatic carbocycles. The average molecular weight is 361 g/mol. The van der Waals surface area contributed by atoms with E-state index >= 15 is 0 Å². The zero-order chi connectivity index (χ0) is 18.1. The van der Waals surface area contributed by atoms with Crippen molar-refractivity contribution in [1.29, 1.82) is 0 Å². The van der Waals surface area contributed by atoms with Gasteiger partial charge in [-0.2, -0.15) is 5.10 Å². The van der Waals surface area contributed by atoms with Crippen molar-refractivity contribution in [3.05, 3.63) is 52.3 Å². The lowest BCUT2D eigenvalue weighted by molar-refractivity contribution is -0.156. The first-order valence-electron chi connectivity index (χ1n) is 8.17. The average Bonchev–Trinajstić information content (AvgIpc) is 2.90. The minimum absolute atomic E-state index is 0.0632. The zero-order valence-electron chi connectivity index (χ0n) is 14.6. The van der Waals surface area contributed by atoms with E-state index in [1.54, 1.807) is 33.7 Å². The summed E-state index contributed by atoms with van der Waals surface area (Å²) in [5.41, 5.74) is 2.79. The number of aryl methyl sites for hydroxylation is 1. The zero-order valence-corrected chi connectivity index (χ0v) is 15.3. The normalized spacial score (nSPS) is 18.2. The van der Waals surface area contributed by atoms with Crippen LogP contribution in [0.3, 0.4) is 0 Å². The molecule has 0 aliphatic carbocycles. The van der Waals surface area contributed by atoms with E-state index in [1.807, 2.05) is 32.2 Å². The molecule has 1 saturated heterocycles. The Balaban J connectivity index is 1.75. The number of halogens is 1. The molecule has 6 nitrogen and oxygen atoms in total. The van der Waals surface area contributed by atoms with Crippen molar-refractivity contribution in [2.24, 2.45) is 7.05 Å². The van der Waals surface area contributed by atoms with Crippen molar-refractivity contribution in [3.8, 4) is 0 Å². The van der Waals surface area contributed by atoms with Gasteiger partial charge in [0.2, 0.25) is 11.8 Å². The Morgan fingerprint density at radius 1 is 1.20 bits per heavy atom. The van der Waals surface area contributed by atoms with Crippen molar-refractivity contribution in [3.63, 3.8) is 0 Å². The summed E-state index contributed by atoms with van der Waals surface area (Å²) in [4.78, 5) is 28.6. The molecule has 0 bridgehead atoms. The number of piperazine rings is 1. The number of carbonyl (C=O) groups is 2. The number of nitrogens with zero attached hydrogens (tertiary/aromatic N) is 4. The third-order valence-corrected chi connectivity index (χ3v) is 5.15. The Morgan fingerprint density at radius 2 is 1.92 bits per heavy atom. The molecule has 2 amide bonds. The molecular weight excluding hydrogens is 340 g/mol. The number of aromatic nitrogens is 2. The number of hydrogen-bond donors (Lipinski definition) is 0. The fourth-order valence-corrected chi connectivity index (χ4v) is 3.22. The monoisotopic (exact) mass is 360 g/mol. The van der Waals surface area contributed by atoms with E-state index in [9.17, 15) is 9.59 Å². The predicted molar refractivity (Wildman–Crippen MR) is 94.8 cm³/mol. The highest BCUT2D eigenvalue weighted by Gasteiger charge is 2.36. The molecule has 0 spiro atoms. The maximum absolute atomic E-state index is 12.7. The SMILES string of the molecule is Cc1c(CN2C(=O)CN(Cc3ccccc3Cl)C(=O)[C@@H]2C)cnn1C. The molecule has 0 saturated carbocycles. The van der Waals surface area contributed by atoms with Crippen LogP contribution in [0.4, 0.5) is 0 Å². The first kappa shape index (κ1) is 17.5. The molecule has 132 valence electrons. The van der Waals surface area contributed by atoms with Crippen molar-refractivity contribution in [2.45, 2.75) is 33.0 Å². The van der Waals surface area contributed by atoms with Crippen LogP contribution in [0.2, 0.25) is 5.02 Å². The molecule has 1 aliphatic rings. The van der Waals surface area contributed by atoms with Crippen LogP contribution in [0.25, 0.3) is 0 Å². The molecular formula is C18H21ClN4O2. The Morgan fingerprint density at radius 3 is 2.56 bits per heavy atom. The third-order valence-electron chi connectivity index (χ3n) is 4.78. The summed E-state index contributed by atoms with van der Waals surface area (Å²) in [6, 6.07) is 6.86. The molecule has 1 aromatic heterocycles. The van der Waals surface area contributed by atoms with Crippen LogP contribution in [-0.4, -0.2) is 44.0 Å². The molecule has 0 radical (unpaired) electrons. The molecule has 7 heteroatoms. The maximum Gasteiger partial charge on any atom is 0.245 e. The number of carbonyl (C=O) groups excluding carboxylic acids is 2. The first-order valence-corrected chi connectivity index (χ1v) is 8.55. The highest BCUT2D eigenvalue weighted by molar-refractivity contribution is 6.31. The van der Waals surface area contributed by atoms with Gasteiger partial charge in [0.1, 0.15) is 12.6 Å². The van der Waals surface area contributed by atoms with Crippen LogP contribution in [0, 0.1) is 6.92 Å². The van der Waals surface area contributed by atoms with E-state index in [2.05, 4.69) is 5.10 Å². The van der Waals surface area contributed by atoms with Gasteiger partial charge in [-0.3, -0.25) is 14.3 Å². The Labute approximate surface area is 152 Å². The van der Waals surface area contributed by atoms with Gasteiger partial charge in [-0.1, -0.05) is 29.8 Å². The fourth-order valence-electron chi connectivity index (χ4n) is 3.02. The van der Waals surface area contributed by atoms with Gasteiger partial charge in [-0.05, 0) is 25.5 Å². The highest BCUT2D eigenvalue weighted by atomic mass is 35.5. The lowest BCUT2D eigenvalue weighted by atomic mass is 10.1. The largest absolute Gasteiger partial charge is 0.327 e. The number of hydrogen-bond acceptors (Lipinski definition) is 3. The van der Waals surface area contributed by atoms with E-state index < -0.39 is 6.04 Å². The summed E-state index contributed by atoms with van der Waals surface area (Å²) in [5, 5.41) is 4.80. The van der Waals surface area contributed by atoms with Gasteiger partial charge < -0.3 is 9.80 Å². The van der Waals surface area contributed by atoms with Gasteiger partial charge in [0.15, 0.2) is 0 Å². The van der Waals surface area contributed by atoms with Gasteiger partial charge in [0, 0.05) is 36.4 Å². The summed E-state index contributed by atoms with van der Waals surface area (Å²) >= 11 is 6.18. The van der Waals surface area contributed by atoms with Crippen LogP contribution < -0.4 is 0 Å². The van der Waals surface area contributed by atoms with Crippen molar-refractivity contribution >= 4 is 23.4 Å². The minimum atomic E-state index is -0.511. The molecule has 0 unspecified atom stereocenters. The summed E-state index contributed by atoms with van der Waals surface area (Å²) < 4.78 is 1.76. The number of benzene rings is 1. The Kier molecular flexibility index (Phi) is 4.81. The van der Waals surface area contributed by atoms with E-state index in [1.165, 1.54) is 0 Å². The van der Waals surface area contributed by atoms with Gasteiger partial charge in [0.25, 0.3) is 0 Å². The van der Waals surface area contributed by atoms with Gasteiger partial charge in [-0.15, -0.1) is 0 Å². The topological polar surface area (TPSA) is 58.4 Å². The molecule has 25 heavy (non-hydrogen) atoms. The smallest absolute Gasteiger partial charge is 0.245 e. The quantitative estimate of drug-likeness (QED) is 0.839. The second-order valence-electron chi connectivity index (χ2n) is 6.36. The van der Waals surface area contributed by atoms with Crippen LogP contribution in [0.5, 0.6) is 0 Å². The summed E-state index contributed by atoms with van der Waals surface area (Å²) in [5.74, 6) is -0.136. The number of rotatable bonds is 4. The summed E-state index contributed by atoms with van der Waals surface area (Å²) in [6.45, 7) is 4.52. The van der Waals surface area contributed by atoms with Crippen molar-refractivity contribution in [1.82, 2.24) is 19.6 Å². The molecule has 1 aliphatic heterocycles. The highest BCUT2D eigenvalue weighted by Crippen LogP contribution is 2.22. The second-order valence-corrected chi connectivity index (χ2v) is 6.77. The molecule has 2 aromatic rings. The molecule has 1 atom stereocenters. The molecule has 2 heterocycles. The summed E-state index contributed by atoms with van der Waals surface area (Å²) in [6.07, 6.45) is 1.75. The fraction of sp³-hybridized carbons (Fsp3) is 0.389. The predicted octanol–water partition coefficient (Wildman–Crippen LogP) is 2.14. The lowest BCUT2D eigenvalue weighted by Crippen LogP contribution is -2.58. The van der Waals surface area contributed by atoms with E-state index in [0.717, 1.165) is 16.8 Å². The van der Waals surface area contributed by atoms with Crippen LogP contribution in [-0.2, 0) is 29.7 Å². The van der Waals surface area contributed by atoms with E-state index in [0.29, 0.717) is 18.1 Å². The van der Waals surface area contributed by atoms with Gasteiger partial charge >= 0.3 is 0 Å². The molecule has 1 fully saturated rings. The van der Waals surface area contributed by atoms with Gasteiger partial charge in [-0.25, -0.2) is 0 Å². The maximum atomic E-state index is 12.7.